The van der Waals surface area contributed by atoms with Crippen molar-refractivity contribution in [2.45, 2.75) is 32.8 Å². The van der Waals surface area contributed by atoms with Crippen molar-refractivity contribution >= 4 is 22.7 Å². The second-order valence-electron chi connectivity index (χ2n) is 3.74. The zero-order chi connectivity index (χ0) is 11.5. The molecule has 0 radical (unpaired) electrons. The summed E-state index contributed by atoms with van der Waals surface area (Å²) in [4.78, 5) is 7.78. The fourth-order valence-electron chi connectivity index (χ4n) is 1.64. The van der Waals surface area contributed by atoms with E-state index in [1.807, 2.05) is 6.92 Å². The Kier molecular flexibility index (Phi) is 3.74. The lowest BCUT2D eigenvalue weighted by Crippen LogP contribution is -1.99. The summed E-state index contributed by atoms with van der Waals surface area (Å²) in [5, 5.41) is 10.1. The second kappa shape index (κ2) is 5.08. The molecule has 0 saturated heterocycles. The average molecular weight is 253 g/mol. The summed E-state index contributed by atoms with van der Waals surface area (Å²) >= 11 is 3.32. The molecule has 0 fully saturated rings. The Labute approximate surface area is 104 Å². The van der Waals surface area contributed by atoms with Crippen molar-refractivity contribution in [1.29, 1.82) is 0 Å². The monoisotopic (exact) mass is 253 g/mol. The quantitative estimate of drug-likeness (QED) is 0.906. The Bertz CT molecular complexity index is 461. The van der Waals surface area contributed by atoms with Crippen LogP contribution in [0.1, 0.15) is 33.4 Å². The predicted molar refractivity (Wildman–Crippen MR) is 69.2 cm³/mol. The van der Waals surface area contributed by atoms with Gasteiger partial charge < -0.3 is 5.11 Å². The van der Waals surface area contributed by atoms with Gasteiger partial charge in [0.15, 0.2) is 0 Å². The molecule has 1 atom stereocenters. The van der Waals surface area contributed by atoms with Gasteiger partial charge in [0, 0.05) is 16.2 Å². The molecule has 0 aliphatic rings. The molecule has 86 valence electrons. The Morgan fingerprint density at radius 3 is 2.69 bits per heavy atom. The van der Waals surface area contributed by atoms with E-state index in [1.165, 1.54) is 21.1 Å². The van der Waals surface area contributed by atoms with Gasteiger partial charge in [-0.25, -0.2) is 4.98 Å². The van der Waals surface area contributed by atoms with Crippen molar-refractivity contribution in [3.05, 3.63) is 38.0 Å². The molecular weight excluding hydrogens is 238 g/mol. The SMILES string of the molecule is CCc1ccc(CC(O)c2scnc2C)s1. The highest BCUT2D eigenvalue weighted by Crippen LogP contribution is 2.27. The highest BCUT2D eigenvalue weighted by atomic mass is 32.1. The predicted octanol–water partition coefficient (Wildman–Crippen LogP) is 3.35. The van der Waals surface area contributed by atoms with Gasteiger partial charge in [0.25, 0.3) is 0 Å². The number of aromatic nitrogens is 1. The molecule has 0 aromatic carbocycles. The molecule has 2 nitrogen and oxygen atoms in total. The van der Waals surface area contributed by atoms with Crippen LogP contribution < -0.4 is 0 Å². The molecule has 2 aromatic heterocycles. The van der Waals surface area contributed by atoms with Crippen LogP contribution in [0, 0.1) is 6.92 Å². The Hall–Kier alpha value is -0.710. The van der Waals surface area contributed by atoms with Gasteiger partial charge in [0.2, 0.25) is 0 Å². The minimum Gasteiger partial charge on any atom is -0.387 e. The topological polar surface area (TPSA) is 33.1 Å². The van der Waals surface area contributed by atoms with Crippen molar-refractivity contribution in [3.63, 3.8) is 0 Å². The van der Waals surface area contributed by atoms with E-state index in [0.29, 0.717) is 6.42 Å². The molecule has 2 aromatic rings. The third-order valence-electron chi connectivity index (χ3n) is 2.55. The molecule has 0 aliphatic heterocycles. The van der Waals surface area contributed by atoms with Crippen LogP contribution in [-0.2, 0) is 12.8 Å². The molecule has 0 saturated carbocycles. The molecular formula is C12H15NOS2. The number of hydrogen-bond donors (Lipinski definition) is 1. The maximum atomic E-state index is 10.1. The van der Waals surface area contributed by atoms with Crippen LogP contribution in [0.15, 0.2) is 17.6 Å². The number of thiophene rings is 1. The normalized spacial score (nSPS) is 12.9. The standard InChI is InChI=1S/C12H15NOS2/c1-3-9-4-5-10(16-9)6-11(14)12-8(2)13-7-15-12/h4-5,7,11,14H,3,6H2,1-2H3. The van der Waals surface area contributed by atoms with Gasteiger partial charge in [0.1, 0.15) is 0 Å². The third kappa shape index (κ3) is 2.51. The summed E-state index contributed by atoms with van der Waals surface area (Å²) in [5.74, 6) is 0. The Morgan fingerprint density at radius 1 is 1.38 bits per heavy atom. The first kappa shape index (κ1) is 11.8. The molecule has 16 heavy (non-hydrogen) atoms. The first-order chi connectivity index (χ1) is 7.70. The first-order valence-corrected chi connectivity index (χ1v) is 7.06. The number of aliphatic hydroxyl groups is 1. The minimum atomic E-state index is -0.407. The van der Waals surface area contributed by atoms with Crippen LogP contribution in [0.25, 0.3) is 0 Å². The second-order valence-corrected chi connectivity index (χ2v) is 5.88. The van der Waals surface area contributed by atoms with Crippen LogP contribution in [0.3, 0.4) is 0 Å². The van der Waals surface area contributed by atoms with E-state index >= 15 is 0 Å². The molecule has 0 spiro atoms. The van der Waals surface area contributed by atoms with E-state index in [2.05, 4.69) is 24.0 Å². The highest BCUT2D eigenvalue weighted by Gasteiger charge is 2.14. The third-order valence-corrected chi connectivity index (χ3v) is 4.83. The lowest BCUT2D eigenvalue weighted by Gasteiger charge is -2.07. The van der Waals surface area contributed by atoms with E-state index in [0.717, 1.165) is 17.0 Å². The van der Waals surface area contributed by atoms with Crippen LogP contribution in [0.4, 0.5) is 0 Å². The van der Waals surface area contributed by atoms with Crippen LogP contribution in [0.2, 0.25) is 0 Å². The summed E-state index contributed by atoms with van der Waals surface area (Å²) < 4.78 is 0. The molecule has 1 unspecified atom stereocenters. The van der Waals surface area contributed by atoms with Crippen LogP contribution in [-0.4, -0.2) is 10.1 Å². The van der Waals surface area contributed by atoms with E-state index in [4.69, 9.17) is 0 Å². The van der Waals surface area contributed by atoms with Gasteiger partial charge in [-0.2, -0.15) is 0 Å². The van der Waals surface area contributed by atoms with Crippen LogP contribution in [0.5, 0.6) is 0 Å². The molecule has 1 N–H and O–H groups in total. The van der Waals surface area contributed by atoms with Crippen molar-refractivity contribution in [1.82, 2.24) is 4.98 Å². The Morgan fingerprint density at radius 2 is 2.12 bits per heavy atom. The summed E-state index contributed by atoms with van der Waals surface area (Å²) in [6.07, 6.45) is 1.37. The molecule has 0 amide bonds. The van der Waals surface area contributed by atoms with Gasteiger partial charge >= 0.3 is 0 Å². The van der Waals surface area contributed by atoms with Crippen molar-refractivity contribution < 1.29 is 5.11 Å². The van der Waals surface area contributed by atoms with Gasteiger partial charge in [-0.05, 0) is 25.5 Å². The van der Waals surface area contributed by atoms with E-state index in [-0.39, 0.29) is 0 Å². The number of aryl methyl sites for hydroxylation is 2. The summed E-state index contributed by atoms with van der Waals surface area (Å²) in [6, 6.07) is 4.26. The van der Waals surface area contributed by atoms with Crippen LogP contribution >= 0.6 is 22.7 Å². The lowest BCUT2D eigenvalue weighted by molar-refractivity contribution is 0.182. The van der Waals surface area contributed by atoms with Gasteiger partial charge in [-0.3, -0.25) is 0 Å². The van der Waals surface area contributed by atoms with Gasteiger partial charge in [0.05, 0.1) is 22.2 Å². The molecule has 0 aliphatic carbocycles. The fourth-order valence-corrected chi connectivity index (χ4v) is 3.42. The minimum absolute atomic E-state index is 0.407. The average Bonchev–Trinajstić information content (AvgIpc) is 2.86. The molecule has 0 bridgehead atoms. The smallest absolute Gasteiger partial charge is 0.0948 e. The van der Waals surface area contributed by atoms with E-state index < -0.39 is 6.10 Å². The molecule has 2 rings (SSSR count). The van der Waals surface area contributed by atoms with Crippen molar-refractivity contribution in [2.24, 2.45) is 0 Å². The maximum Gasteiger partial charge on any atom is 0.0948 e. The number of hydrogen-bond acceptors (Lipinski definition) is 4. The van der Waals surface area contributed by atoms with E-state index in [9.17, 15) is 5.11 Å². The molecule has 4 heteroatoms. The van der Waals surface area contributed by atoms with Crippen molar-refractivity contribution in [3.8, 4) is 0 Å². The fraction of sp³-hybridized carbons (Fsp3) is 0.417. The number of rotatable bonds is 4. The number of aliphatic hydroxyl groups excluding tert-OH is 1. The van der Waals surface area contributed by atoms with E-state index in [1.54, 1.807) is 16.8 Å². The van der Waals surface area contributed by atoms with Crippen molar-refractivity contribution in [2.75, 3.05) is 0 Å². The zero-order valence-electron chi connectivity index (χ0n) is 9.43. The Balaban J connectivity index is 2.07. The zero-order valence-corrected chi connectivity index (χ0v) is 11.1. The summed E-state index contributed by atoms with van der Waals surface area (Å²) in [6.45, 7) is 4.10. The number of thiazole rings is 1. The largest absolute Gasteiger partial charge is 0.387 e. The first-order valence-electron chi connectivity index (χ1n) is 5.36. The maximum absolute atomic E-state index is 10.1. The summed E-state index contributed by atoms with van der Waals surface area (Å²) in [7, 11) is 0. The van der Waals surface area contributed by atoms with Gasteiger partial charge in [-0.15, -0.1) is 22.7 Å². The highest BCUT2D eigenvalue weighted by molar-refractivity contribution is 7.12. The lowest BCUT2D eigenvalue weighted by atomic mass is 10.1. The number of nitrogens with zero attached hydrogens (tertiary/aromatic N) is 1. The van der Waals surface area contributed by atoms with Gasteiger partial charge in [-0.1, -0.05) is 6.92 Å². The molecule has 2 heterocycles. The summed E-state index contributed by atoms with van der Waals surface area (Å²) in [5.41, 5.74) is 2.74.